The molecule has 1 fully saturated rings. The number of halogens is 2. The highest BCUT2D eigenvalue weighted by atomic mass is 19.3. The molecule has 30 heavy (non-hydrogen) atoms. The summed E-state index contributed by atoms with van der Waals surface area (Å²) in [6.07, 6.45) is 2.17. The molecule has 0 spiro atoms. The standard InChI is InChI=1S/C21H33F2N3O4/c1-5-7-15(8-6-2)12-24-17-9-10-26(20(28)25-17)19-21(22,23)11-16(30-19)13-29-18(27)14(3)4/h9-10,14-16,19H,5-8,11-13H2,1-4H3,(H,24,25,28)/t16-,19-/m1/s1. The summed E-state index contributed by atoms with van der Waals surface area (Å²) in [6, 6.07) is 1.50. The van der Waals surface area contributed by atoms with E-state index in [0.717, 1.165) is 30.3 Å². The molecule has 0 saturated carbocycles. The molecule has 1 aliphatic rings. The van der Waals surface area contributed by atoms with E-state index in [1.165, 1.54) is 12.3 Å². The Balaban J connectivity index is 2.03. The summed E-state index contributed by atoms with van der Waals surface area (Å²) in [5.74, 6) is -3.28. The molecular weight excluding hydrogens is 396 g/mol. The number of carbonyl (C=O) groups is 1. The van der Waals surface area contributed by atoms with Crippen LogP contribution in [-0.4, -0.2) is 40.7 Å². The Hall–Kier alpha value is -2.03. The second-order valence-corrected chi connectivity index (χ2v) is 8.19. The molecule has 9 heteroatoms. The lowest BCUT2D eigenvalue weighted by Gasteiger charge is -2.20. The lowest BCUT2D eigenvalue weighted by molar-refractivity contribution is -0.154. The fourth-order valence-electron chi connectivity index (χ4n) is 3.55. The van der Waals surface area contributed by atoms with Crippen molar-refractivity contribution >= 4 is 11.8 Å². The molecule has 0 amide bonds. The molecule has 7 nitrogen and oxygen atoms in total. The topological polar surface area (TPSA) is 82.5 Å². The van der Waals surface area contributed by atoms with Crippen LogP contribution >= 0.6 is 0 Å². The number of ether oxygens (including phenoxy) is 2. The third-order valence-corrected chi connectivity index (χ3v) is 5.11. The maximum Gasteiger partial charge on any atom is 0.351 e. The van der Waals surface area contributed by atoms with Crippen molar-refractivity contribution in [1.82, 2.24) is 9.55 Å². The van der Waals surface area contributed by atoms with E-state index in [0.29, 0.717) is 18.3 Å². The fourth-order valence-corrected chi connectivity index (χ4v) is 3.55. The molecule has 1 aromatic heterocycles. The normalized spacial score (nSPS) is 20.7. The van der Waals surface area contributed by atoms with Crippen molar-refractivity contribution in [3.8, 4) is 0 Å². The number of anilines is 1. The molecule has 0 unspecified atom stereocenters. The molecule has 2 heterocycles. The third-order valence-electron chi connectivity index (χ3n) is 5.11. The van der Waals surface area contributed by atoms with Gasteiger partial charge in [-0.1, -0.05) is 40.5 Å². The van der Waals surface area contributed by atoms with Gasteiger partial charge in [-0.2, -0.15) is 4.98 Å². The maximum atomic E-state index is 14.5. The summed E-state index contributed by atoms with van der Waals surface area (Å²) in [5.41, 5.74) is -0.813. The molecule has 2 atom stereocenters. The summed E-state index contributed by atoms with van der Waals surface area (Å²) >= 11 is 0. The number of aromatic nitrogens is 2. The first-order chi connectivity index (χ1) is 14.2. The summed E-state index contributed by atoms with van der Waals surface area (Å²) in [5, 5.41) is 3.14. The van der Waals surface area contributed by atoms with Gasteiger partial charge in [-0.15, -0.1) is 0 Å². The molecule has 0 aromatic carbocycles. The number of carbonyl (C=O) groups excluding carboxylic acids is 1. The van der Waals surface area contributed by atoms with Crippen molar-refractivity contribution < 1.29 is 23.0 Å². The Morgan fingerprint density at radius 1 is 1.37 bits per heavy atom. The van der Waals surface area contributed by atoms with Crippen molar-refractivity contribution in [1.29, 1.82) is 0 Å². The largest absolute Gasteiger partial charge is 0.463 e. The van der Waals surface area contributed by atoms with E-state index >= 15 is 0 Å². The van der Waals surface area contributed by atoms with E-state index in [4.69, 9.17) is 9.47 Å². The average Bonchev–Trinajstić information content (AvgIpc) is 2.98. The van der Waals surface area contributed by atoms with E-state index in [2.05, 4.69) is 24.1 Å². The zero-order valence-corrected chi connectivity index (χ0v) is 18.2. The lowest BCUT2D eigenvalue weighted by atomic mass is 9.98. The fraction of sp³-hybridized carbons (Fsp3) is 0.762. The SMILES string of the molecule is CCCC(CCC)CNc1ccn([C@@H]2O[C@@H](COC(=O)C(C)C)CC2(F)F)c(=O)n1. The van der Waals surface area contributed by atoms with E-state index in [1.54, 1.807) is 13.8 Å². The minimum absolute atomic E-state index is 0.277. The van der Waals surface area contributed by atoms with Crippen LogP contribution in [-0.2, 0) is 14.3 Å². The minimum atomic E-state index is -3.28. The second kappa shape index (κ2) is 10.8. The number of alkyl halides is 2. The van der Waals surface area contributed by atoms with Gasteiger partial charge in [0, 0.05) is 19.2 Å². The van der Waals surface area contributed by atoms with Crippen LogP contribution in [0.3, 0.4) is 0 Å². The molecule has 1 aromatic rings. The van der Waals surface area contributed by atoms with Crippen LogP contribution in [0, 0.1) is 11.8 Å². The predicted octanol–water partition coefficient (Wildman–Crippen LogP) is 3.99. The van der Waals surface area contributed by atoms with Gasteiger partial charge in [0.2, 0.25) is 6.23 Å². The van der Waals surface area contributed by atoms with Crippen molar-refractivity contribution in [2.45, 2.75) is 78.1 Å². The van der Waals surface area contributed by atoms with Crippen molar-refractivity contribution in [3.05, 3.63) is 22.7 Å². The average molecular weight is 430 g/mol. The lowest BCUT2D eigenvalue weighted by Crippen LogP contribution is -2.35. The van der Waals surface area contributed by atoms with Gasteiger partial charge in [-0.25, -0.2) is 13.6 Å². The first-order valence-corrected chi connectivity index (χ1v) is 10.7. The summed E-state index contributed by atoms with van der Waals surface area (Å²) in [4.78, 5) is 27.8. The van der Waals surface area contributed by atoms with Gasteiger partial charge in [-0.05, 0) is 24.8 Å². The van der Waals surface area contributed by atoms with Crippen molar-refractivity contribution in [2.24, 2.45) is 11.8 Å². The molecule has 0 aliphatic carbocycles. The Labute approximate surface area is 176 Å². The highest BCUT2D eigenvalue weighted by molar-refractivity contribution is 5.71. The maximum absolute atomic E-state index is 14.5. The zero-order valence-electron chi connectivity index (χ0n) is 18.2. The Bertz CT molecular complexity index is 748. The molecule has 0 radical (unpaired) electrons. The van der Waals surface area contributed by atoms with Gasteiger partial charge in [0.05, 0.1) is 5.92 Å². The molecule has 0 bridgehead atoms. The van der Waals surface area contributed by atoms with Gasteiger partial charge in [0.1, 0.15) is 18.5 Å². The van der Waals surface area contributed by atoms with E-state index in [1.807, 2.05) is 0 Å². The van der Waals surface area contributed by atoms with Crippen LogP contribution in [0.25, 0.3) is 0 Å². The highest BCUT2D eigenvalue weighted by Gasteiger charge is 2.52. The van der Waals surface area contributed by atoms with Crippen LogP contribution in [0.15, 0.2) is 17.1 Å². The van der Waals surface area contributed by atoms with Gasteiger partial charge < -0.3 is 14.8 Å². The van der Waals surface area contributed by atoms with Crippen LogP contribution < -0.4 is 11.0 Å². The molecule has 170 valence electrons. The smallest absolute Gasteiger partial charge is 0.351 e. The van der Waals surface area contributed by atoms with Gasteiger partial charge in [-0.3, -0.25) is 9.36 Å². The number of hydrogen-bond donors (Lipinski definition) is 1. The Morgan fingerprint density at radius 2 is 2.03 bits per heavy atom. The van der Waals surface area contributed by atoms with Crippen molar-refractivity contribution in [2.75, 3.05) is 18.5 Å². The number of esters is 1. The second-order valence-electron chi connectivity index (χ2n) is 8.19. The first-order valence-electron chi connectivity index (χ1n) is 10.7. The highest BCUT2D eigenvalue weighted by Crippen LogP contribution is 2.42. The minimum Gasteiger partial charge on any atom is -0.463 e. The third kappa shape index (κ3) is 6.48. The molecule has 2 rings (SSSR count). The summed E-state index contributed by atoms with van der Waals surface area (Å²) in [6.45, 7) is 7.96. The van der Waals surface area contributed by atoms with Crippen molar-refractivity contribution in [3.63, 3.8) is 0 Å². The first kappa shape index (κ1) is 24.2. The van der Waals surface area contributed by atoms with Gasteiger partial charge in [0.25, 0.3) is 5.92 Å². The summed E-state index contributed by atoms with van der Waals surface area (Å²) in [7, 11) is 0. The molecule has 1 saturated heterocycles. The van der Waals surface area contributed by atoms with Crippen LogP contribution in [0.4, 0.5) is 14.6 Å². The van der Waals surface area contributed by atoms with E-state index in [-0.39, 0.29) is 12.5 Å². The van der Waals surface area contributed by atoms with Gasteiger partial charge in [0.15, 0.2) is 0 Å². The van der Waals surface area contributed by atoms with E-state index < -0.39 is 36.3 Å². The number of nitrogens with one attached hydrogen (secondary N) is 1. The van der Waals surface area contributed by atoms with Crippen LogP contribution in [0.2, 0.25) is 0 Å². The Kier molecular flexibility index (Phi) is 8.76. The predicted molar refractivity (Wildman–Crippen MR) is 110 cm³/mol. The van der Waals surface area contributed by atoms with Crippen LogP contribution in [0.1, 0.15) is 66.0 Å². The monoisotopic (exact) mass is 429 g/mol. The van der Waals surface area contributed by atoms with Crippen LogP contribution in [0.5, 0.6) is 0 Å². The quantitative estimate of drug-likeness (QED) is 0.536. The van der Waals surface area contributed by atoms with E-state index in [9.17, 15) is 18.4 Å². The summed E-state index contributed by atoms with van der Waals surface area (Å²) < 4.78 is 40.1. The number of hydrogen-bond acceptors (Lipinski definition) is 6. The number of nitrogens with zero attached hydrogens (tertiary/aromatic N) is 2. The molecular formula is C21H33F2N3O4. The molecule has 1 aliphatic heterocycles. The Morgan fingerprint density at radius 3 is 2.60 bits per heavy atom. The zero-order chi connectivity index (χ0) is 22.3. The van der Waals surface area contributed by atoms with Gasteiger partial charge >= 0.3 is 11.7 Å². The molecule has 1 N–H and O–H groups in total. The number of rotatable bonds is 11.